The topological polar surface area (TPSA) is 55.2 Å². The van der Waals surface area contributed by atoms with Crippen LogP contribution in [0.15, 0.2) is 40.4 Å². The van der Waals surface area contributed by atoms with Crippen molar-refractivity contribution < 1.29 is 4.79 Å². The zero-order valence-electron chi connectivity index (χ0n) is 14.6. The number of carbonyl (C=O) groups excluding carboxylic acids is 1. The summed E-state index contributed by atoms with van der Waals surface area (Å²) in [4.78, 5) is 32.6. The molecule has 0 unspecified atom stereocenters. The van der Waals surface area contributed by atoms with Gasteiger partial charge in [-0.2, -0.15) is 0 Å². The van der Waals surface area contributed by atoms with Crippen LogP contribution >= 0.6 is 11.8 Å². The molecule has 1 aromatic carbocycles. The molecule has 1 fully saturated rings. The van der Waals surface area contributed by atoms with Crippen LogP contribution in [0.3, 0.4) is 0 Å². The summed E-state index contributed by atoms with van der Waals surface area (Å²) in [5.41, 5.74) is 2.64. The van der Waals surface area contributed by atoms with Crippen molar-refractivity contribution in [2.24, 2.45) is 0 Å². The predicted molar refractivity (Wildman–Crippen MR) is 101 cm³/mol. The average Bonchev–Trinajstić information content (AvgIpc) is 3.37. The van der Waals surface area contributed by atoms with E-state index in [1.807, 2.05) is 4.90 Å². The lowest BCUT2D eigenvalue weighted by Crippen LogP contribution is -2.41. The minimum atomic E-state index is -0.181. The molecule has 5 nitrogen and oxygen atoms in total. The quantitative estimate of drug-likeness (QED) is 0.783. The number of hydrogen-bond donors (Lipinski definition) is 0. The van der Waals surface area contributed by atoms with Crippen LogP contribution in [0, 0.1) is 0 Å². The zero-order chi connectivity index (χ0) is 17.7. The number of carbonyl (C=O) groups is 1. The van der Waals surface area contributed by atoms with Crippen molar-refractivity contribution >= 4 is 17.7 Å². The van der Waals surface area contributed by atoms with E-state index >= 15 is 0 Å². The maximum Gasteiger partial charge on any atom is 0.267 e. The average molecular weight is 367 g/mol. The molecule has 2 heterocycles. The van der Waals surface area contributed by atoms with Gasteiger partial charge in [0.05, 0.1) is 6.04 Å². The van der Waals surface area contributed by atoms with E-state index in [1.165, 1.54) is 17.3 Å². The van der Waals surface area contributed by atoms with Crippen molar-refractivity contribution in [3.05, 3.63) is 57.5 Å². The number of rotatable bonds is 3. The van der Waals surface area contributed by atoms with Crippen LogP contribution in [0.5, 0.6) is 0 Å². The van der Waals surface area contributed by atoms with E-state index in [2.05, 4.69) is 29.2 Å². The summed E-state index contributed by atoms with van der Waals surface area (Å²) in [5.74, 6) is 0.710. The molecule has 1 saturated carbocycles. The molecule has 2 aromatic rings. The Morgan fingerprint density at radius 2 is 2.08 bits per heavy atom. The van der Waals surface area contributed by atoms with Crippen molar-refractivity contribution in [3.8, 4) is 0 Å². The van der Waals surface area contributed by atoms with Gasteiger partial charge in [0.2, 0.25) is 0 Å². The highest BCUT2D eigenvalue weighted by Crippen LogP contribution is 2.41. The number of aromatic nitrogens is 2. The second kappa shape index (κ2) is 6.27. The molecule has 1 aromatic heterocycles. The highest BCUT2D eigenvalue weighted by molar-refractivity contribution is 7.99. The first-order valence-electron chi connectivity index (χ1n) is 9.37. The molecule has 1 atom stereocenters. The van der Waals surface area contributed by atoms with Crippen molar-refractivity contribution in [3.63, 3.8) is 0 Å². The van der Waals surface area contributed by atoms with E-state index in [4.69, 9.17) is 0 Å². The number of hydrogen-bond acceptors (Lipinski definition) is 4. The SMILES string of the molecule is O=C(c1cnc2n(c1=O)CCS2)N(C1CC1)[C@H]1CCCc2ccccc21. The summed E-state index contributed by atoms with van der Waals surface area (Å²) in [6, 6.07) is 8.76. The van der Waals surface area contributed by atoms with Gasteiger partial charge in [-0.05, 0) is 43.2 Å². The van der Waals surface area contributed by atoms with E-state index in [1.54, 1.807) is 16.3 Å². The second-order valence-electron chi connectivity index (χ2n) is 7.31. The summed E-state index contributed by atoms with van der Waals surface area (Å²) in [7, 11) is 0. The van der Waals surface area contributed by atoms with E-state index < -0.39 is 0 Å². The lowest BCUT2D eigenvalue weighted by molar-refractivity contribution is 0.0634. The summed E-state index contributed by atoms with van der Waals surface area (Å²) in [6.07, 6.45) is 6.67. The fourth-order valence-electron chi connectivity index (χ4n) is 4.24. The van der Waals surface area contributed by atoms with E-state index in [-0.39, 0.29) is 29.1 Å². The van der Waals surface area contributed by atoms with Crippen LogP contribution < -0.4 is 5.56 Å². The minimum Gasteiger partial charge on any atom is -0.328 e. The van der Waals surface area contributed by atoms with Gasteiger partial charge in [0.1, 0.15) is 5.56 Å². The Hall–Kier alpha value is -2.08. The Balaban J connectivity index is 1.55. The molecule has 0 spiro atoms. The molecule has 1 aliphatic heterocycles. The van der Waals surface area contributed by atoms with Crippen molar-refractivity contribution in [1.29, 1.82) is 0 Å². The molecule has 134 valence electrons. The molecule has 3 aliphatic rings. The molecule has 2 aliphatic carbocycles. The normalized spacial score (nSPS) is 21.2. The highest BCUT2D eigenvalue weighted by Gasteiger charge is 2.40. The number of nitrogens with zero attached hydrogens (tertiary/aromatic N) is 3. The molecule has 0 radical (unpaired) electrons. The lowest BCUT2D eigenvalue weighted by atomic mass is 9.86. The molecule has 5 rings (SSSR count). The maximum atomic E-state index is 13.4. The second-order valence-corrected chi connectivity index (χ2v) is 8.37. The Morgan fingerprint density at radius 3 is 2.92 bits per heavy atom. The Bertz CT molecular complexity index is 935. The molecule has 0 saturated heterocycles. The smallest absolute Gasteiger partial charge is 0.267 e. The minimum absolute atomic E-state index is 0.0759. The lowest BCUT2D eigenvalue weighted by Gasteiger charge is -2.36. The fourth-order valence-corrected chi connectivity index (χ4v) is 5.15. The molecular weight excluding hydrogens is 346 g/mol. The Kier molecular flexibility index (Phi) is 3.89. The zero-order valence-corrected chi connectivity index (χ0v) is 15.4. The molecule has 0 bridgehead atoms. The van der Waals surface area contributed by atoms with Gasteiger partial charge in [0, 0.05) is 24.5 Å². The monoisotopic (exact) mass is 367 g/mol. The van der Waals surface area contributed by atoms with Crippen molar-refractivity contribution in [1.82, 2.24) is 14.5 Å². The fraction of sp³-hybridized carbons (Fsp3) is 0.450. The van der Waals surface area contributed by atoms with E-state index in [0.717, 1.165) is 43.0 Å². The predicted octanol–water partition coefficient (Wildman–Crippen LogP) is 3.03. The van der Waals surface area contributed by atoms with Crippen molar-refractivity contribution in [2.45, 2.75) is 55.9 Å². The number of amides is 1. The Labute approximate surface area is 156 Å². The van der Waals surface area contributed by atoms with Crippen LogP contribution in [-0.4, -0.2) is 32.2 Å². The Morgan fingerprint density at radius 1 is 1.23 bits per heavy atom. The molecule has 0 N–H and O–H groups in total. The maximum absolute atomic E-state index is 13.4. The van der Waals surface area contributed by atoms with Gasteiger partial charge in [-0.1, -0.05) is 36.0 Å². The van der Waals surface area contributed by atoms with E-state index in [0.29, 0.717) is 6.54 Å². The van der Waals surface area contributed by atoms with Crippen LogP contribution in [-0.2, 0) is 13.0 Å². The summed E-state index contributed by atoms with van der Waals surface area (Å²) >= 11 is 1.58. The first-order chi connectivity index (χ1) is 12.7. The first-order valence-corrected chi connectivity index (χ1v) is 10.4. The summed E-state index contributed by atoms with van der Waals surface area (Å²) in [6.45, 7) is 0.642. The van der Waals surface area contributed by atoms with Gasteiger partial charge >= 0.3 is 0 Å². The van der Waals surface area contributed by atoms with Crippen LogP contribution in [0.1, 0.15) is 53.2 Å². The number of benzene rings is 1. The van der Waals surface area contributed by atoms with E-state index in [9.17, 15) is 9.59 Å². The van der Waals surface area contributed by atoms with Gasteiger partial charge < -0.3 is 4.90 Å². The number of thioether (sulfide) groups is 1. The third-order valence-corrected chi connectivity index (χ3v) is 6.61. The van der Waals surface area contributed by atoms with Crippen LogP contribution in [0.4, 0.5) is 0 Å². The largest absolute Gasteiger partial charge is 0.328 e. The highest BCUT2D eigenvalue weighted by atomic mass is 32.2. The van der Waals surface area contributed by atoms with Gasteiger partial charge in [-0.25, -0.2) is 4.98 Å². The third kappa shape index (κ3) is 2.58. The van der Waals surface area contributed by atoms with Gasteiger partial charge in [-0.3, -0.25) is 14.2 Å². The molecular formula is C20H21N3O2S. The first kappa shape index (κ1) is 16.1. The summed E-state index contributed by atoms with van der Waals surface area (Å²) < 4.78 is 1.65. The number of fused-ring (bicyclic) bond motifs is 2. The third-order valence-electron chi connectivity index (χ3n) is 5.64. The standard InChI is InChI=1S/C20H21N3O2S/c24-18-16(12-21-20-22(18)10-11-26-20)19(25)23(14-8-9-14)17-7-3-5-13-4-1-2-6-15(13)17/h1-2,4,6,12,14,17H,3,5,7-11H2/t17-/m0/s1. The molecule has 1 amide bonds. The van der Waals surface area contributed by atoms with Crippen molar-refractivity contribution in [2.75, 3.05) is 5.75 Å². The molecule has 26 heavy (non-hydrogen) atoms. The van der Waals surface area contributed by atoms with Crippen LogP contribution in [0.25, 0.3) is 0 Å². The van der Waals surface area contributed by atoms with Crippen LogP contribution in [0.2, 0.25) is 0 Å². The van der Waals surface area contributed by atoms with Gasteiger partial charge in [0.15, 0.2) is 5.16 Å². The van der Waals surface area contributed by atoms with Gasteiger partial charge in [0.25, 0.3) is 11.5 Å². The summed E-state index contributed by atoms with van der Waals surface area (Å²) in [5, 5.41) is 0.729. The molecule has 6 heteroatoms. The van der Waals surface area contributed by atoms with Gasteiger partial charge in [-0.15, -0.1) is 0 Å². The number of aryl methyl sites for hydroxylation is 1.